The number of rotatable bonds is 5. The van der Waals surface area contributed by atoms with Crippen LogP contribution in [0.25, 0.3) is 11.9 Å². The van der Waals surface area contributed by atoms with Gasteiger partial charge in [0.1, 0.15) is 22.7 Å². The van der Waals surface area contributed by atoms with Crippen molar-refractivity contribution < 1.29 is 23.0 Å². The Bertz CT molecular complexity index is 1290. The van der Waals surface area contributed by atoms with Gasteiger partial charge in [-0.25, -0.2) is 28.5 Å². The molecule has 1 aromatic carbocycles. The summed E-state index contributed by atoms with van der Waals surface area (Å²) in [7, 11) is 0. The van der Waals surface area contributed by atoms with Crippen molar-refractivity contribution in [3.05, 3.63) is 53.2 Å². The summed E-state index contributed by atoms with van der Waals surface area (Å²) in [6.07, 6.45) is 8.35. The summed E-state index contributed by atoms with van der Waals surface area (Å²) in [6.45, 7) is 5.78. The Morgan fingerprint density at radius 2 is 2.16 bits per heavy atom. The molecule has 1 amide bonds. The molecule has 0 spiro atoms. The van der Waals surface area contributed by atoms with E-state index in [2.05, 4.69) is 20.9 Å². The molecule has 1 fully saturated rings. The zero-order valence-electron chi connectivity index (χ0n) is 20.7. The van der Waals surface area contributed by atoms with Crippen LogP contribution in [0.5, 0.6) is 5.88 Å². The maximum Gasteiger partial charge on any atom is 0.410 e. The number of amides is 1. The predicted octanol–water partition coefficient (Wildman–Crippen LogP) is 4.22. The van der Waals surface area contributed by atoms with E-state index in [1.807, 2.05) is 0 Å². The Kier molecular flexibility index (Phi) is 7.41. The molecule has 0 bridgehead atoms. The van der Waals surface area contributed by atoms with E-state index in [9.17, 15) is 4.79 Å². The van der Waals surface area contributed by atoms with Gasteiger partial charge < -0.3 is 20.1 Å². The number of hydrogen-bond acceptors (Lipinski definition) is 8. The molecular formula is C26H27F2N5O3S. The van der Waals surface area contributed by atoms with E-state index in [-0.39, 0.29) is 36.2 Å². The van der Waals surface area contributed by atoms with Crippen LogP contribution in [-0.2, 0) is 10.3 Å². The van der Waals surface area contributed by atoms with Crippen molar-refractivity contribution in [2.45, 2.75) is 31.9 Å². The van der Waals surface area contributed by atoms with Crippen molar-refractivity contribution in [1.82, 2.24) is 14.9 Å². The average molecular weight is 528 g/mol. The quantitative estimate of drug-likeness (QED) is 0.581. The van der Waals surface area contributed by atoms with Gasteiger partial charge in [0.2, 0.25) is 5.88 Å². The lowest BCUT2D eigenvalue weighted by Gasteiger charge is -2.35. The van der Waals surface area contributed by atoms with Crippen LogP contribution in [0.2, 0.25) is 0 Å². The highest BCUT2D eigenvalue weighted by atomic mass is 32.2. The second kappa shape index (κ2) is 10.4. The summed E-state index contributed by atoms with van der Waals surface area (Å²) in [5, 5.41) is 0.302. The molecule has 194 valence electrons. The summed E-state index contributed by atoms with van der Waals surface area (Å²) in [4.78, 5) is 27.0. The summed E-state index contributed by atoms with van der Waals surface area (Å²) >= 11 is 1.36. The molecule has 2 aliphatic rings. The first kappa shape index (κ1) is 26.4. The van der Waals surface area contributed by atoms with E-state index >= 15 is 8.78 Å². The molecule has 37 heavy (non-hydrogen) atoms. The van der Waals surface area contributed by atoms with Gasteiger partial charge in [0.25, 0.3) is 0 Å². The molecule has 4 rings (SSSR count). The minimum Gasteiger partial charge on any atom is -0.463 e. The lowest BCUT2D eigenvalue weighted by Crippen LogP contribution is -2.41. The Labute approximate surface area is 218 Å². The zero-order chi connectivity index (χ0) is 26.8. The van der Waals surface area contributed by atoms with Crippen molar-refractivity contribution in [3.8, 4) is 18.2 Å². The van der Waals surface area contributed by atoms with Crippen LogP contribution in [-0.4, -0.2) is 57.2 Å². The van der Waals surface area contributed by atoms with Crippen LogP contribution in [0, 0.1) is 24.1 Å². The van der Waals surface area contributed by atoms with E-state index < -0.39 is 28.9 Å². The largest absolute Gasteiger partial charge is 0.463 e. The molecule has 2 atom stereocenters. The minimum atomic E-state index is -1.12. The number of terminal acetylenes is 1. The van der Waals surface area contributed by atoms with Gasteiger partial charge >= 0.3 is 6.09 Å². The summed E-state index contributed by atoms with van der Waals surface area (Å²) in [5.41, 5.74) is 4.87. The first-order chi connectivity index (χ1) is 17.5. The summed E-state index contributed by atoms with van der Waals surface area (Å²) < 4.78 is 41.0. The van der Waals surface area contributed by atoms with Crippen LogP contribution in [0.3, 0.4) is 0 Å². The van der Waals surface area contributed by atoms with Crippen LogP contribution >= 0.6 is 11.8 Å². The van der Waals surface area contributed by atoms with E-state index in [0.717, 1.165) is 0 Å². The van der Waals surface area contributed by atoms with Gasteiger partial charge in [-0.3, -0.25) is 0 Å². The normalized spacial score (nSPS) is 21.6. The molecule has 0 saturated carbocycles. The van der Waals surface area contributed by atoms with Crippen molar-refractivity contribution in [1.29, 1.82) is 0 Å². The number of nitrogens with two attached hydrogens (primary N) is 1. The van der Waals surface area contributed by atoms with Gasteiger partial charge in [-0.2, -0.15) is 0 Å². The number of aromatic nitrogens is 2. The third-order valence-electron chi connectivity index (χ3n) is 5.87. The second-order valence-corrected chi connectivity index (χ2v) is 10.7. The van der Waals surface area contributed by atoms with Crippen LogP contribution in [0.4, 0.5) is 13.6 Å². The highest BCUT2D eigenvalue weighted by Gasteiger charge is 2.53. The van der Waals surface area contributed by atoms with Gasteiger partial charge in [-0.05, 0) is 44.5 Å². The number of halogens is 2. The third kappa shape index (κ3) is 5.85. The molecule has 1 saturated heterocycles. The standard InChI is InChI=1S/C26H27F2N5O3S/c1-5-8-35-22-12-30-21(11-31-22)20(28)10-16-6-7-19(27)18(9-16)26-15-33(24(34)36-25(2,3)4)13-17(26)14-37-23(29)32-26/h1,6-7,9-12,17H,8,13-15H2,2-4H3,(H2,29,32)/b20-10-/t17-,26+/m1/s1. The molecule has 11 heteroatoms. The molecule has 1 aromatic heterocycles. The second-order valence-electron chi connectivity index (χ2n) is 9.71. The number of carbonyl (C=O) groups excluding carboxylic acids is 1. The van der Waals surface area contributed by atoms with Crippen LogP contribution in [0.1, 0.15) is 37.6 Å². The number of ether oxygens (including phenoxy) is 2. The Hall–Kier alpha value is -3.65. The Balaban J connectivity index is 1.66. The van der Waals surface area contributed by atoms with Gasteiger partial charge in [0, 0.05) is 23.8 Å². The lowest BCUT2D eigenvalue weighted by molar-refractivity contribution is 0.0282. The van der Waals surface area contributed by atoms with Gasteiger partial charge in [-0.15, -0.1) is 6.42 Å². The third-order valence-corrected chi connectivity index (χ3v) is 6.82. The summed E-state index contributed by atoms with van der Waals surface area (Å²) in [6, 6.07) is 4.24. The number of thioether (sulfide) groups is 1. The highest BCUT2D eigenvalue weighted by Crippen LogP contribution is 2.46. The molecule has 3 heterocycles. The topological polar surface area (TPSA) is 103 Å². The Morgan fingerprint density at radius 1 is 1.38 bits per heavy atom. The van der Waals surface area contributed by atoms with Crippen molar-refractivity contribution >= 4 is 34.9 Å². The first-order valence-electron chi connectivity index (χ1n) is 11.5. The molecule has 2 aromatic rings. The maximum atomic E-state index is 15.3. The number of benzene rings is 1. The predicted molar refractivity (Wildman–Crippen MR) is 139 cm³/mol. The fourth-order valence-electron chi connectivity index (χ4n) is 4.28. The zero-order valence-corrected chi connectivity index (χ0v) is 21.5. The minimum absolute atomic E-state index is 0.0182. The van der Waals surface area contributed by atoms with Crippen LogP contribution < -0.4 is 10.5 Å². The fourth-order valence-corrected chi connectivity index (χ4v) is 5.26. The molecule has 0 aliphatic carbocycles. The average Bonchev–Trinajstić information content (AvgIpc) is 3.23. The molecule has 8 nitrogen and oxygen atoms in total. The lowest BCUT2D eigenvalue weighted by atomic mass is 9.81. The number of hydrogen-bond donors (Lipinski definition) is 1. The Morgan fingerprint density at radius 3 is 2.84 bits per heavy atom. The van der Waals surface area contributed by atoms with Crippen LogP contribution in [0.15, 0.2) is 35.6 Å². The number of fused-ring (bicyclic) bond motifs is 1. The van der Waals surface area contributed by atoms with E-state index in [1.165, 1.54) is 53.3 Å². The van der Waals surface area contributed by atoms with Gasteiger partial charge in [0.05, 0.1) is 18.9 Å². The van der Waals surface area contributed by atoms with E-state index in [4.69, 9.17) is 21.6 Å². The van der Waals surface area contributed by atoms with E-state index in [1.54, 1.807) is 20.8 Å². The monoisotopic (exact) mass is 527 g/mol. The highest BCUT2D eigenvalue weighted by molar-refractivity contribution is 8.13. The molecule has 0 unspecified atom stereocenters. The summed E-state index contributed by atoms with van der Waals surface area (Å²) in [5.74, 6) is 1.62. The maximum absolute atomic E-state index is 15.3. The molecule has 0 radical (unpaired) electrons. The number of likely N-dealkylation sites (tertiary alicyclic amines) is 1. The van der Waals surface area contributed by atoms with Crippen molar-refractivity contribution in [3.63, 3.8) is 0 Å². The fraction of sp³-hybridized carbons (Fsp3) is 0.385. The molecule has 2 N–H and O–H groups in total. The first-order valence-corrected chi connectivity index (χ1v) is 12.5. The number of nitrogens with zero attached hydrogens (tertiary/aromatic N) is 4. The number of amidine groups is 1. The molecule has 2 aliphatic heterocycles. The number of carbonyl (C=O) groups is 1. The smallest absolute Gasteiger partial charge is 0.410 e. The SMILES string of the molecule is C#CCOc1cnc(/C(F)=C/c2ccc(F)c([C@]34CN(C(=O)OC(C)(C)C)C[C@@H]3CSC(N)=N4)c2)cn1. The number of aliphatic imine (C=N–C) groups is 1. The van der Waals surface area contributed by atoms with Crippen molar-refractivity contribution in [2.75, 3.05) is 25.4 Å². The van der Waals surface area contributed by atoms with Gasteiger partial charge in [0.15, 0.2) is 17.6 Å². The van der Waals surface area contributed by atoms with Gasteiger partial charge in [-0.1, -0.05) is 23.7 Å². The molecular weight excluding hydrogens is 500 g/mol. The van der Waals surface area contributed by atoms with E-state index in [0.29, 0.717) is 23.0 Å². The van der Waals surface area contributed by atoms with Crippen molar-refractivity contribution in [2.24, 2.45) is 16.6 Å².